The number of carbonyl (C=O) groups excluding carboxylic acids is 1. The molecule has 1 amide bonds. The van der Waals surface area contributed by atoms with E-state index in [0.717, 1.165) is 6.54 Å². The van der Waals surface area contributed by atoms with Gasteiger partial charge < -0.3 is 10.6 Å². The first-order chi connectivity index (χ1) is 8.54. The Morgan fingerprint density at radius 1 is 1.28 bits per heavy atom. The number of amides is 1. The van der Waals surface area contributed by atoms with Gasteiger partial charge in [0.15, 0.2) is 5.69 Å². The molecule has 0 saturated heterocycles. The molecular formula is C13H22N4O. The van der Waals surface area contributed by atoms with Crippen molar-refractivity contribution in [2.24, 2.45) is 11.8 Å². The van der Waals surface area contributed by atoms with Gasteiger partial charge in [-0.2, -0.15) is 0 Å². The third-order valence-corrected chi connectivity index (χ3v) is 2.98. The number of anilines is 1. The molecule has 0 aliphatic carbocycles. The van der Waals surface area contributed by atoms with Gasteiger partial charge in [-0.25, -0.2) is 0 Å². The minimum absolute atomic E-state index is 0.188. The summed E-state index contributed by atoms with van der Waals surface area (Å²) in [6.45, 7) is 9.88. The summed E-state index contributed by atoms with van der Waals surface area (Å²) in [5.74, 6) is 1.71. The molecule has 5 nitrogen and oxygen atoms in total. The molecule has 1 heterocycles. The lowest BCUT2D eigenvalue weighted by molar-refractivity contribution is 0.0950. The maximum atomic E-state index is 11.5. The second-order valence-electron chi connectivity index (χ2n) is 4.77. The molecular weight excluding hydrogens is 228 g/mol. The molecule has 1 aromatic rings. The Morgan fingerprint density at radius 2 is 2.00 bits per heavy atom. The molecule has 2 N–H and O–H groups in total. The predicted octanol–water partition coefficient (Wildman–Crippen LogP) is 1.93. The maximum absolute atomic E-state index is 11.5. The van der Waals surface area contributed by atoms with E-state index in [2.05, 4.69) is 41.6 Å². The van der Waals surface area contributed by atoms with E-state index in [-0.39, 0.29) is 5.91 Å². The Hall–Kier alpha value is -1.65. The van der Waals surface area contributed by atoms with Gasteiger partial charge in [-0.3, -0.25) is 4.79 Å². The van der Waals surface area contributed by atoms with Crippen molar-refractivity contribution < 1.29 is 4.79 Å². The highest BCUT2D eigenvalue weighted by Gasteiger charge is 2.09. The van der Waals surface area contributed by atoms with E-state index in [1.165, 1.54) is 0 Å². The minimum Gasteiger partial charge on any atom is -0.368 e. The van der Waals surface area contributed by atoms with Crippen LogP contribution in [0.25, 0.3) is 0 Å². The standard InChI is InChI=1S/C13H22N4O/c1-5-14-13(18)11-6-7-12(17-16-11)15-8-10(4)9(2)3/h6-7,9-10H,5,8H2,1-4H3,(H,14,18)(H,15,17). The molecule has 1 unspecified atom stereocenters. The van der Waals surface area contributed by atoms with Crippen molar-refractivity contribution in [1.29, 1.82) is 0 Å². The van der Waals surface area contributed by atoms with E-state index in [1.54, 1.807) is 12.1 Å². The SMILES string of the molecule is CCNC(=O)c1ccc(NCC(C)C(C)C)nn1. The van der Waals surface area contributed by atoms with Crippen LogP contribution in [-0.2, 0) is 0 Å². The molecule has 5 heteroatoms. The number of hydrogen-bond donors (Lipinski definition) is 2. The zero-order valence-corrected chi connectivity index (χ0v) is 11.5. The van der Waals surface area contributed by atoms with Gasteiger partial charge in [-0.15, -0.1) is 10.2 Å². The Bertz CT molecular complexity index is 375. The summed E-state index contributed by atoms with van der Waals surface area (Å²) in [5.41, 5.74) is 0.347. The number of hydrogen-bond acceptors (Lipinski definition) is 4. The Balaban J connectivity index is 2.53. The van der Waals surface area contributed by atoms with Crippen LogP contribution in [0.2, 0.25) is 0 Å². The number of aromatic nitrogens is 2. The molecule has 0 aromatic carbocycles. The summed E-state index contributed by atoms with van der Waals surface area (Å²) in [7, 11) is 0. The molecule has 0 bridgehead atoms. The highest BCUT2D eigenvalue weighted by atomic mass is 16.1. The lowest BCUT2D eigenvalue weighted by Crippen LogP contribution is -2.24. The summed E-state index contributed by atoms with van der Waals surface area (Å²) in [6, 6.07) is 3.46. The zero-order valence-electron chi connectivity index (χ0n) is 11.5. The topological polar surface area (TPSA) is 66.9 Å². The average Bonchev–Trinajstić information content (AvgIpc) is 2.36. The van der Waals surface area contributed by atoms with Gasteiger partial charge in [0, 0.05) is 13.1 Å². The average molecular weight is 250 g/mol. The number of nitrogens with one attached hydrogen (secondary N) is 2. The van der Waals surface area contributed by atoms with Gasteiger partial charge in [0.05, 0.1) is 0 Å². The van der Waals surface area contributed by atoms with Crippen LogP contribution >= 0.6 is 0 Å². The molecule has 0 radical (unpaired) electrons. The number of rotatable bonds is 6. The maximum Gasteiger partial charge on any atom is 0.271 e. The van der Waals surface area contributed by atoms with Crippen molar-refractivity contribution in [2.75, 3.05) is 18.4 Å². The molecule has 18 heavy (non-hydrogen) atoms. The first kappa shape index (κ1) is 14.4. The highest BCUT2D eigenvalue weighted by molar-refractivity contribution is 5.92. The Kier molecular flexibility index (Phi) is 5.55. The van der Waals surface area contributed by atoms with Crippen LogP contribution in [-0.4, -0.2) is 29.2 Å². The van der Waals surface area contributed by atoms with Gasteiger partial charge in [0.1, 0.15) is 5.82 Å². The molecule has 0 fully saturated rings. The molecule has 100 valence electrons. The third-order valence-electron chi connectivity index (χ3n) is 2.98. The quantitative estimate of drug-likeness (QED) is 0.809. The van der Waals surface area contributed by atoms with Gasteiger partial charge in [0.2, 0.25) is 0 Å². The molecule has 1 atom stereocenters. The molecule has 0 spiro atoms. The van der Waals surface area contributed by atoms with E-state index >= 15 is 0 Å². The summed E-state index contributed by atoms with van der Waals surface area (Å²) in [5, 5.41) is 13.8. The molecule has 1 rings (SSSR count). The van der Waals surface area contributed by atoms with Gasteiger partial charge in [-0.05, 0) is 30.9 Å². The fraction of sp³-hybridized carbons (Fsp3) is 0.615. The van der Waals surface area contributed by atoms with Crippen molar-refractivity contribution in [1.82, 2.24) is 15.5 Å². The van der Waals surface area contributed by atoms with Crippen molar-refractivity contribution in [3.05, 3.63) is 17.8 Å². The number of nitrogens with zero attached hydrogens (tertiary/aromatic N) is 2. The predicted molar refractivity (Wildman–Crippen MR) is 72.5 cm³/mol. The molecule has 0 aliphatic rings. The zero-order chi connectivity index (χ0) is 13.5. The van der Waals surface area contributed by atoms with Gasteiger partial charge in [0.25, 0.3) is 5.91 Å². The van der Waals surface area contributed by atoms with E-state index in [0.29, 0.717) is 29.9 Å². The molecule has 1 aromatic heterocycles. The van der Waals surface area contributed by atoms with Crippen LogP contribution in [0.1, 0.15) is 38.2 Å². The normalized spacial score (nSPS) is 12.3. The van der Waals surface area contributed by atoms with E-state index in [4.69, 9.17) is 0 Å². The summed E-state index contributed by atoms with van der Waals surface area (Å²) >= 11 is 0. The van der Waals surface area contributed by atoms with Crippen LogP contribution in [0.15, 0.2) is 12.1 Å². The third kappa shape index (κ3) is 4.31. The van der Waals surface area contributed by atoms with E-state index in [1.807, 2.05) is 6.92 Å². The summed E-state index contributed by atoms with van der Waals surface area (Å²) in [6.07, 6.45) is 0. The van der Waals surface area contributed by atoms with Crippen LogP contribution in [0.3, 0.4) is 0 Å². The Morgan fingerprint density at radius 3 is 2.50 bits per heavy atom. The number of carbonyl (C=O) groups is 1. The van der Waals surface area contributed by atoms with Crippen molar-refractivity contribution in [3.8, 4) is 0 Å². The smallest absolute Gasteiger partial charge is 0.271 e. The Labute approximate surface area is 108 Å². The fourth-order valence-electron chi connectivity index (χ4n) is 1.30. The van der Waals surface area contributed by atoms with E-state index in [9.17, 15) is 4.79 Å². The van der Waals surface area contributed by atoms with Crippen molar-refractivity contribution >= 4 is 11.7 Å². The summed E-state index contributed by atoms with van der Waals surface area (Å²) < 4.78 is 0. The van der Waals surface area contributed by atoms with Crippen LogP contribution in [0.5, 0.6) is 0 Å². The van der Waals surface area contributed by atoms with Crippen molar-refractivity contribution in [3.63, 3.8) is 0 Å². The van der Waals surface area contributed by atoms with Gasteiger partial charge >= 0.3 is 0 Å². The molecule has 0 aliphatic heterocycles. The summed E-state index contributed by atoms with van der Waals surface area (Å²) in [4.78, 5) is 11.5. The first-order valence-corrected chi connectivity index (χ1v) is 6.40. The van der Waals surface area contributed by atoms with E-state index < -0.39 is 0 Å². The van der Waals surface area contributed by atoms with Crippen molar-refractivity contribution in [2.45, 2.75) is 27.7 Å². The van der Waals surface area contributed by atoms with Crippen LogP contribution in [0, 0.1) is 11.8 Å². The highest BCUT2D eigenvalue weighted by Crippen LogP contribution is 2.10. The monoisotopic (exact) mass is 250 g/mol. The lowest BCUT2D eigenvalue weighted by Gasteiger charge is -2.16. The van der Waals surface area contributed by atoms with Gasteiger partial charge in [-0.1, -0.05) is 20.8 Å². The molecule has 0 saturated carbocycles. The minimum atomic E-state index is -0.188. The second kappa shape index (κ2) is 6.93. The van der Waals surface area contributed by atoms with Crippen LogP contribution in [0.4, 0.5) is 5.82 Å². The largest absolute Gasteiger partial charge is 0.368 e. The second-order valence-corrected chi connectivity index (χ2v) is 4.77. The lowest BCUT2D eigenvalue weighted by atomic mass is 9.98. The first-order valence-electron chi connectivity index (χ1n) is 6.40. The van der Waals surface area contributed by atoms with Crippen LogP contribution < -0.4 is 10.6 Å². The fourth-order valence-corrected chi connectivity index (χ4v) is 1.30.